The summed E-state index contributed by atoms with van der Waals surface area (Å²) in [4.78, 5) is 13.9. The molecule has 8 nitrogen and oxygen atoms in total. The van der Waals surface area contributed by atoms with E-state index in [1.54, 1.807) is 12.1 Å². The van der Waals surface area contributed by atoms with Crippen LogP contribution in [0.3, 0.4) is 0 Å². The standard InChI is InChI=1S/C20H24N4O4S/c21-19(22)16-7-8-17(25)18(13-16)29(27,28)23-10-9-14-3-5-15(6-4-14)20(26)24-11-1-2-12-24/h3-8,13,23,25H,1-2,9-12H2,(H3,21,22). The molecule has 1 amide bonds. The van der Waals surface area contributed by atoms with Crippen LogP contribution in [0.5, 0.6) is 5.75 Å². The fraction of sp³-hybridized carbons (Fsp3) is 0.300. The van der Waals surface area contributed by atoms with Crippen LogP contribution in [0.1, 0.15) is 34.3 Å². The highest BCUT2D eigenvalue weighted by atomic mass is 32.2. The maximum atomic E-state index is 12.5. The van der Waals surface area contributed by atoms with Crippen molar-refractivity contribution in [1.82, 2.24) is 9.62 Å². The summed E-state index contributed by atoms with van der Waals surface area (Å²) in [7, 11) is -3.96. The van der Waals surface area contributed by atoms with E-state index in [2.05, 4.69) is 4.72 Å². The van der Waals surface area contributed by atoms with E-state index in [1.165, 1.54) is 18.2 Å². The zero-order chi connectivity index (χ0) is 21.0. The second-order valence-corrected chi connectivity index (χ2v) is 8.68. The lowest BCUT2D eigenvalue weighted by atomic mass is 10.1. The van der Waals surface area contributed by atoms with E-state index in [-0.39, 0.29) is 28.7 Å². The maximum absolute atomic E-state index is 12.5. The first-order chi connectivity index (χ1) is 13.8. The van der Waals surface area contributed by atoms with Crippen LogP contribution in [0, 0.1) is 5.41 Å². The molecule has 0 unspecified atom stereocenters. The topological polar surface area (TPSA) is 137 Å². The molecule has 9 heteroatoms. The molecule has 0 aromatic heterocycles. The molecule has 0 bridgehead atoms. The summed E-state index contributed by atoms with van der Waals surface area (Å²) in [5.41, 5.74) is 7.10. The number of benzene rings is 2. The summed E-state index contributed by atoms with van der Waals surface area (Å²) in [6.45, 7) is 1.70. The van der Waals surface area contributed by atoms with E-state index < -0.39 is 15.8 Å². The number of nitrogens with one attached hydrogen (secondary N) is 2. The van der Waals surface area contributed by atoms with Crippen molar-refractivity contribution in [2.24, 2.45) is 5.73 Å². The molecule has 2 aromatic carbocycles. The Kier molecular flexibility index (Phi) is 6.19. The highest BCUT2D eigenvalue weighted by Crippen LogP contribution is 2.23. The molecule has 0 saturated carbocycles. The monoisotopic (exact) mass is 416 g/mol. The molecule has 29 heavy (non-hydrogen) atoms. The van der Waals surface area contributed by atoms with Crippen molar-refractivity contribution < 1.29 is 18.3 Å². The Morgan fingerprint density at radius 3 is 2.34 bits per heavy atom. The van der Waals surface area contributed by atoms with Crippen molar-refractivity contribution >= 4 is 21.8 Å². The second-order valence-electron chi connectivity index (χ2n) is 6.94. The number of hydrogen-bond donors (Lipinski definition) is 4. The predicted octanol–water partition coefficient (Wildman–Crippen LogP) is 1.43. The molecular formula is C20H24N4O4S. The van der Waals surface area contributed by atoms with Crippen molar-refractivity contribution in [2.45, 2.75) is 24.2 Å². The lowest BCUT2D eigenvalue weighted by Gasteiger charge is -2.15. The number of phenolic OH excluding ortho intramolecular Hbond substituents is 1. The van der Waals surface area contributed by atoms with Crippen molar-refractivity contribution in [3.8, 4) is 5.75 Å². The molecule has 1 heterocycles. The first kappa shape index (κ1) is 20.8. The van der Waals surface area contributed by atoms with Crippen LogP contribution in [0.25, 0.3) is 0 Å². The third-order valence-corrected chi connectivity index (χ3v) is 6.35. The smallest absolute Gasteiger partial charge is 0.253 e. The third-order valence-electron chi connectivity index (χ3n) is 4.86. The first-order valence-corrected chi connectivity index (χ1v) is 10.8. The summed E-state index contributed by atoms with van der Waals surface area (Å²) in [5.74, 6) is -0.673. The van der Waals surface area contributed by atoms with Gasteiger partial charge in [-0.05, 0) is 55.2 Å². The number of aromatic hydroxyl groups is 1. The molecule has 5 N–H and O–H groups in total. The van der Waals surface area contributed by atoms with E-state index in [0.717, 1.165) is 31.5 Å². The van der Waals surface area contributed by atoms with Crippen molar-refractivity contribution in [3.63, 3.8) is 0 Å². The molecule has 1 fully saturated rings. The van der Waals surface area contributed by atoms with Crippen LogP contribution in [-0.4, -0.2) is 49.8 Å². The van der Waals surface area contributed by atoms with Crippen LogP contribution >= 0.6 is 0 Å². The fourth-order valence-electron chi connectivity index (χ4n) is 3.22. The number of likely N-dealkylation sites (tertiary alicyclic amines) is 1. The third kappa shape index (κ3) is 4.93. The van der Waals surface area contributed by atoms with Gasteiger partial charge >= 0.3 is 0 Å². The molecule has 1 aliphatic rings. The number of carbonyl (C=O) groups excluding carboxylic acids is 1. The predicted molar refractivity (Wildman–Crippen MR) is 110 cm³/mol. The van der Waals surface area contributed by atoms with Gasteiger partial charge in [0, 0.05) is 30.8 Å². The SMILES string of the molecule is N=C(N)c1ccc(O)c(S(=O)(=O)NCCc2ccc(C(=O)N3CCCC3)cc2)c1. The fourth-order valence-corrected chi connectivity index (χ4v) is 4.37. The quantitative estimate of drug-likeness (QED) is 0.400. The van der Waals surface area contributed by atoms with Gasteiger partial charge in [0.2, 0.25) is 10.0 Å². The Bertz CT molecular complexity index is 1010. The molecule has 1 saturated heterocycles. The number of phenols is 1. The molecule has 0 radical (unpaired) electrons. The molecule has 0 aliphatic carbocycles. The molecule has 3 rings (SSSR count). The zero-order valence-electron chi connectivity index (χ0n) is 15.9. The largest absolute Gasteiger partial charge is 0.507 e. The average molecular weight is 417 g/mol. The van der Waals surface area contributed by atoms with Crippen molar-refractivity contribution in [3.05, 3.63) is 59.2 Å². The molecule has 2 aromatic rings. The van der Waals surface area contributed by atoms with Gasteiger partial charge in [0.25, 0.3) is 5.91 Å². The number of carbonyl (C=O) groups is 1. The van der Waals surface area contributed by atoms with Gasteiger partial charge in [0.15, 0.2) is 0 Å². The average Bonchev–Trinajstić information content (AvgIpc) is 3.22. The second kappa shape index (κ2) is 8.62. The van der Waals surface area contributed by atoms with E-state index in [0.29, 0.717) is 12.0 Å². The first-order valence-electron chi connectivity index (χ1n) is 9.33. The summed E-state index contributed by atoms with van der Waals surface area (Å²) >= 11 is 0. The van der Waals surface area contributed by atoms with Gasteiger partial charge in [0.05, 0.1) is 0 Å². The summed E-state index contributed by atoms with van der Waals surface area (Å²) < 4.78 is 27.4. The van der Waals surface area contributed by atoms with E-state index in [9.17, 15) is 18.3 Å². The Morgan fingerprint density at radius 1 is 1.10 bits per heavy atom. The van der Waals surface area contributed by atoms with Gasteiger partial charge in [0.1, 0.15) is 16.5 Å². The van der Waals surface area contributed by atoms with Gasteiger partial charge in [-0.15, -0.1) is 0 Å². The van der Waals surface area contributed by atoms with Gasteiger partial charge in [-0.1, -0.05) is 12.1 Å². The van der Waals surface area contributed by atoms with Crippen molar-refractivity contribution in [2.75, 3.05) is 19.6 Å². The van der Waals surface area contributed by atoms with E-state index in [1.807, 2.05) is 17.0 Å². The minimum absolute atomic E-state index is 0.0237. The van der Waals surface area contributed by atoms with Crippen LogP contribution < -0.4 is 10.5 Å². The van der Waals surface area contributed by atoms with E-state index >= 15 is 0 Å². The Hall–Kier alpha value is -2.91. The Labute approximate surface area is 169 Å². The number of nitrogen functional groups attached to an aromatic ring is 1. The maximum Gasteiger partial charge on any atom is 0.253 e. The lowest BCUT2D eigenvalue weighted by Crippen LogP contribution is -2.27. The zero-order valence-corrected chi connectivity index (χ0v) is 16.7. The van der Waals surface area contributed by atoms with Gasteiger partial charge < -0.3 is 15.7 Å². The van der Waals surface area contributed by atoms with Gasteiger partial charge in [-0.25, -0.2) is 13.1 Å². The number of amides is 1. The van der Waals surface area contributed by atoms with Crippen LogP contribution in [0.4, 0.5) is 0 Å². The normalized spacial score (nSPS) is 14.1. The summed E-state index contributed by atoms with van der Waals surface area (Å²) in [6.07, 6.45) is 2.49. The molecule has 0 atom stereocenters. The van der Waals surface area contributed by atoms with Crippen LogP contribution in [-0.2, 0) is 16.4 Å². The number of rotatable bonds is 7. The number of amidine groups is 1. The van der Waals surface area contributed by atoms with Gasteiger partial charge in [-0.3, -0.25) is 10.2 Å². The minimum Gasteiger partial charge on any atom is -0.507 e. The number of nitrogens with two attached hydrogens (primary N) is 1. The molecule has 1 aliphatic heterocycles. The van der Waals surface area contributed by atoms with Crippen molar-refractivity contribution in [1.29, 1.82) is 5.41 Å². The highest BCUT2D eigenvalue weighted by molar-refractivity contribution is 7.89. The summed E-state index contributed by atoms with van der Waals surface area (Å²) in [5, 5.41) is 17.3. The van der Waals surface area contributed by atoms with E-state index in [4.69, 9.17) is 11.1 Å². The van der Waals surface area contributed by atoms with Crippen LogP contribution in [0.2, 0.25) is 0 Å². The van der Waals surface area contributed by atoms with Crippen LogP contribution in [0.15, 0.2) is 47.4 Å². The molecular weight excluding hydrogens is 392 g/mol. The number of nitrogens with zero attached hydrogens (tertiary/aromatic N) is 1. The number of sulfonamides is 1. The number of hydrogen-bond acceptors (Lipinski definition) is 5. The Morgan fingerprint density at radius 2 is 1.72 bits per heavy atom. The summed E-state index contributed by atoms with van der Waals surface area (Å²) in [6, 6.07) is 10.9. The molecule has 0 spiro atoms. The highest BCUT2D eigenvalue weighted by Gasteiger charge is 2.20. The van der Waals surface area contributed by atoms with Gasteiger partial charge in [-0.2, -0.15) is 0 Å². The molecule has 154 valence electrons. The lowest BCUT2D eigenvalue weighted by molar-refractivity contribution is 0.0793. The minimum atomic E-state index is -3.96. The Balaban J connectivity index is 1.61.